The summed E-state index contributed by atoms with van der Waals surface area (Å²) in [6.45, 7) is 26.0. The summed E-state index contributed by atoms with van der Waals surface area (Å²) < 4.78 is 130. The van der Waals surface area contributed by atoms with Gasteiger partial charge < -0.3 is 58.3 Å². The molecule has 4 unspecified atom stereocenters. The van der Waals surface area contributed by atoms with E-state index in [-0.39, 0.29) is 54.2 Å². The summed E-state index contributed by atoms with van der Waals surface area (Å²) in [7, 11) is 0. The van der Waals surface area contributed by atoms with Gasteiger partial charge in [-0.3, -0.25) is 48.3 Å². The molecule has 9 atom stereocenters. The zero-order valence-corrected chi connectivity index (χ0v) is 79.0. The normalized spacial score (nSPS) is 20.0. The number of pyridine rings is 4. The van der Waals surface area contributed by atoms with E-state index < -0.39 is 47.7 Å². The van der Waals surface area contributed by atoms with E-state index in [4.69, 9.17) is 37.9 Å². The van der Waals surface area contributed by atoms with Gasteiger partial charge in [-0.2, -0.15) is 0 Å². The van der Waals surface area contributed by atoms with Gasteiger partial charge in [0.1, 0.15) is 119 Å². The molecular weight excluding hydrogens is 1780 g/mol. The zero-order valence-electron chi connectivity index (χ0n) is 79.0. The van der Waals surface area contributed by atoms with E-state index in [0.717, 1.165) is 196 Å². The summed E-state index contributed by atoms with van der Waals surface area (Å²) in [6.07, 6.45) is 8.65. The molecule has 4 saturated heterocycles. The Labute approximate surface area is 807 Å². The number of allylic oxidation sites excluding steroid dienone is 4. The van der Waals surface area contributed by atoms with E-state index in [1.807, 2.05) is 125 Å². The Kier molecular flexibility index (Phi) is 31.0. The summed E-state index contributed by atoms with van der Waals surface area (Å²) in [5.41, 5.74) is 16.3. The predicted octanol–water partition coefficient (Wildman–Crippen LogP) is 23.3. The van der Waals surface area contributed by atoms with Crippen LogP contribution in [0, 0.1) is 41.0 Å². The molecule has 0 spiro atoms. The maximum atomic E-state index is 13.6. The second kappa shape index (κ2) is 44.4. The third kappa shape index (κ3) is 23.3. The van der Waals surface area contributed by atoms with Crippen molar-refractivity contribution >= 4 is 44.6 Å². The van der Waals surface area contributed by atoms with Crippen LogP contribution in [0.25, 0.3) is 44.6 Å². The molecule has 0 saturated carbocycles. The average Bonchev–Trinajstić information content (AvgIpc) is 0.849. The fourth-order valence-corrected chi connectivity index (χ4v) is 19.4. The van der Waals surface area contributed by atoms with Gasteiger partial charge in [-0.25, -0.2) is 17.6 Å². The van der Waals surface area contributed by atoms with E-state index >= 15 is 0 Å². The van der Waals surface area contributed by atoms with Crippen molar-refractivity contribution in [1.29, 1.82) is 0 Å². The van der Waals surface area contributed by atoms with E-state index in [0.29, 0.717) is 78.2 Å². The quantitative estimate of drug-likeness (QED) is 0.0370. The molecule has 722 valence electrons. The number of rotatable bonds is 26. The van der Waals surface area contributed by atoms with Crippen LogP contribution in [-0.4, -0.2) is 177 Å². The Morgan fingerprint density at radius 3 is 0.928 bits per heavy atom. The van der Waals surface area contributed by atoms with Gasteiger partial charge in [-0.1, -0.05) is 55.5 Å². The second-order valence-corrected chi connectivity index (χ2v) is 37.0. The molecule has 20 rings (SSSR count). The molecule has 20 nitrogen and oxygen atoms in total. The van der Waals surface area contributed by atoms with Crippen molar-refractivity contribution in [3.05, 3.63) is 334 Å². The minimum absolute atomic E-state index is 0.137. The standard InChI is InChI=1S/C29H30F2N2O3.C28H28F2N2O3.2C28H29FN2O3/c1-18(33-12-11-20(14-30)16-33)17-35-24-7-3-21(4-8-24)29-28(26-9-5-22(31)15-32-26)19(2)25-13-23(34)6-10-27(25)36-29;1-18-24-14-22(33)5-9-26(24)35-28(27(18)25-8-4-21(30)16-31-25)20-2-6-23(7-3-20)34-13-12-32-11-10-19(15-29)17-32;1-18-11-12-31(17-18)13-14-33-23-7-3-20(4-8-23)28-27(25-9-5-21(29)16-30-25)19(2)24-15-22(32)6-10-26(24)34-28;1-18(31-13-3-4-14-31)17-33-23-9-5-20(6-10-23)28-27(25-11-7-21(29)16-30-25)19(2)24-15-22(32)8-12-26(24)34-28/h3-10,13,15,18,20,29,34H,11-12,14,16-17H2,1-2H3;2-9,14,16,19,28,33H,10-13,15,17H2,1H3;3-10,15-16,18,28,32H,11-14,17H2,1-2H3;5-12,15-16,18,28,32H,3-4,13-14,17H2,1-2H3/t18-,20-,29?;19-,28?;2*18-,28?/m0010/s1. The molecular formula is C113H116F6N8O12. The third-order valence-corrected chi connectivity index (χ3v) is 27.2. The van der Waals surface area contributed by atoms with Crippen LogP contribution in [0.5, 0.6) is 69.0 Å². The first-order chi connectivity index (χ1) is 67.4. The van der Waals surface area contributed by atoms with Crippen molar-refractivity contribution in [3.63, 3.8) is 0 Å². The van der Waals surface area contributed by atoms with Gasteiger partial charge in [0.2, 0.25) is 0 Å². The van der Waals surface area contributed by atoms with Gasteiger partial charge >= 0.3 is 0 Å². The van der Waals surface area contributed by atoms with Crippen LogP contribution in [-0.2, 0) is 0 Å². The first kappa shape index (κ1) is 97.0. The molecule has 8 aromatic carbocycles. The van der Waals surface area contributed by atoms with E-state index in [1.165, 1.54) is 68.3 Å². The Morgan fingerprint density at radius 2 is 0.640 bits per heavy atom. The molecule has 0 amide bonds. The lowest BCUT2D eigenvalue weighted by atomic mass is 9.88. The molecule has 0 radical (unpaired) electrons. The highest BCUT2D eigenvalue weighted by atomic mass is 19.1. The van der Waals surface area contributed by atoms with E-state index in [1.54, 1.807) is 97.1 Å². The lowest BCUT2D eigenvalue weighted by molar-refractivity contribution is 0.165. The van der Waals surface area contributed by atoms with Crippen molar-refractivity contribution in [2.45, 2.75) is 117 Å². The summed E-state index contributed by atoms with van der Waals surface area (Å²) in [5, 5.41) is 40.0. The number of likely N-dealkylation sites (tertiary alicyclic amines) is 4. The fourth-order valence-electron chi connectivity index (χ4n) is 19.4. The van der Waals surface area contributed by atoms with E-state index in [2.05, 4.69) is 60.3 Å². The molecule has 12 heterocycles. The number of nitrogens with zero attached hydrogens (tertiary/aromatic N) is 8. The molecule has 4 N–H and O–H groups in total. The lowest BCUT2D eigenvalue weighted by Crippen LogP contribution is -2.35. The van der Waals surface area contributed by atoms with Crippen LogP contribution >= 0.6 is 0 Å². The van der Waals surface area contributed by atoms with Gasteiger partial charge in [0.25, 0.3) is 0 Å². The number of aromatic hydroxyl groups is 4. The Balaban J connectivity index is 0.000000128. The number of phenols is 4. The summed E-state index contributed by atoms with van der Waals surface area (Å²) in [5.74, 6) is 5.90. The number of phenolic OH excluding ortho intramolecular Hbond substituents is 4. The second-order valence-electron chi connectivity index (χ2n) is 37.0. The Hall–Kier alpha value is -13.7. The van der Waals surface area contributed by atoms with Crippen molar-refractivity contribution in [2.24, 2.45) is 17.8 Å². The number of hydrogen-bond acceptors (Lipinski definition) is 20. The van der Waals surface area contributed by atoms with E-state index in [9.17, 15) is 46.8 Å². The molecule has 26 heteroatoms. The van der Waals surface area contributed by atoms with Crippen molar-refractivity contribution in [2.75, 3.05) is 105 Å². The largest absolute Gasteiger partial charge is 0.508 e. The predicted molar refractivity (Wildman–Crippen MR) is 527 cm³/mol. The molecule has 8 aliphatic heterocycles. The van der Waals surface area contributed by atoms with Crippen LogP contribution in [0.1, 0.15) is 172 Å². The number of alkyl halides is 2. The number of aromatic nitrogens is 4. The minimum Gasteiger partial charge on any atom is -0.508 e. The molecule has 139 heavy (non-hydrogen) atoms. The smallest absolute Gasteiger partial charge is 0.151 e. The molecule has 8 aliphatic rings. The number of ether oxygens (including phenoxy) is 8. The van der Waals surface area contributed by atoms with Gasteiger partial charge in [0.05, 0.1) is 60.9 Å². The first-order valence-electron chi connectivity index (χ1n) is 47.7. The maximum Gasteiger partial charge on any atom is 0.151 e. The zero-order chi connectivity index (χ0) is 96.9. The number of fused-ring (bicyclic) bond motifs is 4. The number of hydrogen-bond donors (Lipinski definition) is 4. The lowest BCUT2D eigenvalue weighted by Gasteiger charge is -2.30. The van der Waals surface area contributed by atoms with Gasteiger partial charge in [-0.05, 0) is 327 Å². The maximum absolute atomic E-state index is 13.6. The van der Waals surface area contributed by atoms with Crippen molar-refractivity contribution < 1.29 is 84.7 Å². The van der Waals surface area contributed by atoms with Crippen LogP contribution in [0.3, 0.4) is 0 Å². The highest BCUT2D eigenvalue weighted by Crippen LogP contribution is 2.53. The third-order valence-electron chi connectivity index (χ3n) is 27.2. The van der Waals surface area contributed by atoms with Crippen LogP contribution < -0.4 is 37.9 Å². The van der Waals surface area contributed by atoms with Gasteiger partial charge in [-0.15, -0.1) is 0 Å². The molecule has 0 bridgehead atoms. The molecule has 0 aliphatic carbocycles. The Morgan fingerprint density at radius 1 is 0.345 bits per heavy atom. The van der Waals surface area contributed by atoms with Crippen LogP contribution in [0.4, 0.5) is 26.3 Å². The highest BCUT2D eigenvalue weighted by molar-refractivity contribution is 5.98. The van der Waals surface area contributed by atoms with Gasteiger partial charge in [0.15, 0.2) is 24.4 Å². The minimum atomic E-state index is -0.463. The summed E-state index contributed by atoms with van der Waals surface area (Å²) in [6, 6.07) is 64.2. The first-order valence-corrected chi connectivity index (χ1v) is 47.7. The summed E-state index contributed by atoms with van der Waals surface area (Å²) in [4.78, 5) is 26.7. The van der Waals surface area contributed by atoms with Crippen molar-refractivity contribution in [1.82, 2.24) is 39.5 Å². The van der Waals surface area contributed by atoms with Crippen molar-refractivity contribution in [3.8, 4) is 69.0 Å². The topological polar surface area (TPSA) is 219 Å². The van der Waals surface area contributed by atoms with Gasteiger partial charge in [0, 0.05) is 101 Å². The van der Waals surface area contributed by atoms with Crippen LogP contribution in [0.2, 0.25) is 0 Å². The monoisotopic (exact) mass is 1890 g/mol. The molecule has 12 aromatic rings. The molecule has 4 aromatic heterocycles. The Bertz CT molecular complexity index is 6370. The average molecular weight is 1890 g/mol. The highest BCUT2D eigenvalue weighted by Gasteiger charge is 2.37. The number of benzene rings is 8. The van der Waals surface area contributed by atoms with Crippen LogP contribution in [0.15, 0.2) is 243 Å². The molecule has 4 fully saturated rings. The summed E-state index contributed by atoms with van der Waals surface area (Å²) >= 11 is 0. The fraction of sp³-hybridized carbons (Fsp3) is 0.327. The number of halogens is 6. The SMILES string of the molecule is CC1=C(c2ccc(F)cn2)C(c2ccc(OCCN3CC[C@@H](C)C3)cc2)Oc2ccc(O)cc21.CC1=C(c2ccc(F)cn2)C(c2ccc(OCCN3CC[C@@H](CF)C3)cc2)Oc2ccc(O)cc21.CC1=C(c2ccc(F)cn2)C(c2ccc(OC[C@H](C)N3CCCC3)cc2)Oc2ccc(O)cc21.CC1=C(c2ccc(F)cn2)C(c2ccc(OC[C@H](C)N3CC[C@@H](CF)C3)cc2)Oc2ccc(O)cc21.